The number of halogens is 3. The molecule has 0 aliphatic rings. The fourth-order valence-corrected chi connectivity index (χ4v) is 5.44. The third-order valence-electron chi connectivity index (χ3n) is 2.43. The van der Waals surface area contributed by atoms with Gasteiger partial charge in [-0.3, -0.25) is 4.55 Å². The van der Waals surface area contributed by atoms with Gasteiger partial charge in [-0.05, 0) is 27.7 Å². The first-order valence-corrected chi connectivity index (χ1v) is 8.76. The first kappa shape index (κ1) is 19.6. The van der Waals surface area contributed by atoms with Crippen molar-refractivity contribution < 1.29 is 34.6 Å². The van der Waals surface area contributed by atoms with E-state index in [0.717, 1.165) is 4.31 Å². The van der Waals surface area contributed by atoms with Gasteiger partial charge < -0.3 is 0 Å². The number of alkyl halides is 3. The zero-order valence-electron chi connectivity index (χ0n) is 11.4. The maximum Gasteiger partial charge on any atom is 0.408 e. The van der Waals surface area contributed by atoms with Crippen LogP contribution in [0.15, 0.2) is 0 Å². The highest BCUT2D eigenvalue weighted by Gasteiger charge is 2.51. The van der Waals surface area contributed by atoms with E-state index in [1.54, 1.807) is 0 Å². The average Bonchev–Trinajstić information content (AvgIpc) is 2.08. The quantitative estimate of drug-likeness (QED) is 0.734. The lowest BCUT2D eigenvalue weighted by Gasteiger charge is -2.31. The summed E-state index contributed by atoms with van der Waals surface area (Å²) in [5.41, 5.74) is 0. The Morgan fingerprint density at radius 3 is 1.55 bits per heavy atom. The Hall–Kier alpha value is -0.390. The molecule has 0 radical (unpaired) electrons. The Bertz CT molecular complexity index is 516. The summed E-state index contributed by atoms with van der Waals surface area (Å²) in [6.07, 6.45) is -5.37. The second-order valence-electron chi connectivity index (χ2n) is 4.84. The van der Waals surface area contributed by atoms with Gasteiger partial charge in [0.25, 0.3) is 10.1 Å². The van der Waals surface area contributed by atoms with E-state index in [0.29, 0.717) is 0 Å². The first-order valence-electron chi connectivity index (χ1n) is 5.65. The highest BCUT2D eigenvalue weighted by molar-refractivity contribution is 7.92. The minimum Gasteiger partial charge on any atom is -0.285 e. The fourth-order valence-electron chi connectivity index (χ4n) is 1.87. The molecule has 0 rings (SSSR count). The van der Waals surface area contributed by atoms with Crippen LogP contribution in [-0.2, 0) is 20.1 Å². The zero-order valence-corrected chi connectivity index (χ0v) is 13.0. The van der Waals surface area contributed by atoms with E-state index in [1.807, 2.05) is 0 Å². The Balaban J connectivity index is 5.65. The van der Waals surface area contributed by atoms with Gasteiger partial charge in [-0.1, -0.05) is 0 Å². The van der Waals surface area contributed by atoms with Crippen LogP contribution in [0.25, 0.3) is 0 Å². The van der Waals surface area contributed by atoms with Crippen LogP contribution >= 0.6 is 0 Å². The van der Waals surface area contributed by atoms with Crippen LogP contribution in [-0.4, -0.2) is 55.0 Å². The maximum atomic E-state index is 12.6. The Morgan fingerprint density at radius 1 is 1.00 bits per heavy atom. The van der Waals surface area contributed by atoms with E-state index in [2.05, 4.69) is 0 Å². The van der Waals surface area contributed by atoms with Crippen molar-refractivity contribution in [3.63, 3.8) is 0 Å². The van der Waals surface area contributed by atoms with Crippen LogP contribution < -0.4 is 0 Å². The molecule has 1 atom stereocenters. The van der Waals surface area contributed by atoms with E-state index >= 15 is 0 Å². The highest BCUT2D eigenvalue weighted by Crippen LogP contribution is 2.28. The number of rotatable bonds is 6. The predicted octanol–water partition coefficient (Wildman–Crippen LogP) is 1.25. The molecule has 0 aliphatic heterocycles. The van der Waals surface area contributed by atoms with Crippen LogP contribution in [0.1, 0.15) is 27.7 Å². The van der Waals surface area contributed by atoms with Gasteiger partial charge in [0.05, 0.1) is 5.75 Å². The first-order chi connectivity index (χ1) is 8.60. The fraction of sp³-hybridized carbons (Fsp3) is 1.00. The van der Waals surface area contributed by atoms with E-state index in [1.165, 1.54) is 27.7 Å². The van der Waals surface area contributed by atoms with Crippen LogP contribution in [0.4, 0.5) is 13.2 Å². The van der Waals surface area contributed by atoms with Gasteiger partial charge in [-0.2, -0.15) is 25.9 Å². The topological polar surface area (TPSA) is 91.8 Å². The van der Waals surface area contributed by atoms with Crippen LogP contribution in [0.5, 0.6) is 0 Å². The van der Waals surface area contributed by atoms with Crippen molar-refractivity contribution in [2.45, 2.75) is 51.2 Å². The normalized spacial score (nSPS) is 16.1. The van der Waals surface area contributed by atoms with Gasteiger partial charge in [0.2, 0.25) is 10.0 Å². The van der Waals surface area contributed by atoms with Crippen molar-refractivity contribution in [1.82, 2.24) is 4.31 Å². The molecule has 0 aromatic heterocycles. The zero-order chi connectivity index (χ0) is 16.5. The Morgan fingerprint density at radius 2 is 1.35 bits per heavy atom. The maximum absolute atomic E-state index is 12.6. The molecule has 0 aliphatic carbocycles. The van der Waals surface area contributed by atoms with Crippen molar-refractivity contribution in [1.29, 1.82) is 0 Å². The molecule has 11 heteroatoms. The molecular formula is C9H18F3NO5S2. The molecule has 0 amide bonds. The highest BCUT2D eigenvalue weighted by atomic mass is 32.2. The number of hydrogen-bond donors (Lipinski definition) is 1. The monoisotopic (exact) mass is 341 g/mol. The minimum atomic E-state index is -5.57. The molecule has 0 aromatic rings. The van der Waals surface area contributed by atoms with Crippen molar-refractivity contribution in [2.75, 3.05) is 5.75 Å². The minimum absolute atomic E-state index is 0.643. The summed E-state index contributed by atoms with van der Waals surface area (Å²) in [5.74, 6) is -1.74. The molecule has 1 N–H and O–H groups in total. The average molecular weight is 341 g/mol. The summed E-state index contributed by atoms with van der Waals surface area (Å²) in [6.45, 7) is 5.81. The lowest BCUT2D eigenvalue weighted by atomic mass is 10.3. The summed E-state index contributed by atoms with van der Waals surface area (Å²) in [4.78, 5) is 0. The lowest BCUT2D eigenvalue weighted by Crippen LogP contribution is -2.49. The van der Waals surface area contributed by atoms with Crippen LogP contribution in [0, 0.1) is 0 Å². The van der Waals surface area contributed by atoms with Gasteiger partial charge in [0, 0.05) is 12.1 Å². The lowest BCUT2D eigenvalue weighted by molar-refractivity contribution is -0.127. The van der Waals surface area contributed by atoms with Crippen molar-refractivity contribution >= 4 is 20.1 Å². The van der Waals surface area contributed by atoms with Crippen LogP contribution in [0.3, 0.4) is 0 Å². The van der Waals surface area contributed by atoms with Gasteiger partial charge in [-0.25, -0.2) is 8.42 Å². The van der Waals surface area contributed by atoms with Crippen molar-refractivity contribution in [3.8, 4) is 0 Å². The standard InChI is InChI=1S/C9H18F3NO5S2/c1-6(2)13(7(3)4)19(14,15)5-8(9(10,11)12)20(16,17)18/h6-8H,5H2,1-4H3,(H,16,17,18). The third-order valence-corrected chi connectivity index (χ3v) is 6.03. The van der Waals surface area contributed by atoms with E-state index in [-0.39, 0.29) is 0 Å². The number of sulfonamides is 1. The number of nitrogens with zero attached hydrogens (tertiary/aromatic N) is 1. The van der Waals surface area contributed by atoms with Gasteiger partial charge >= 0.3 is 6.18 Å². The molecule has 0 saturated carbocycles. The summed E-state index contributed by atoms with van der Waals surface area (Å²) < 4.78 is 92.6. The summed E-state index contributed by atoms with van der Waals surface area (Å²) in [6, 6.07) is -1.29. The van der Waals surface area contributed by atoms with Gasteiger partial charge in [0.15, 0.2) is 5.25 Å². The molecule has 0 fully saturated rings. The molecule has 0 heterocycles. The Labute approximate surface area is 116 Å². The molecule has 20 heavy (non-hydrogen) atoms. The second kappa shape index (κ2) is 6.16. The van der Waals surface area contributed by atoms with E-state index < -0.39 is 49.4 Å². The van der Waals surface area contributed by atoms with E-state index in [4.69, 9.17) is 4.55 Å². The van der Waals surface area contributed by atoms with E-state index in [9.17, 15) is 30.0 Å². The smallest absolute Gasteiger partial charge is 0.285 e. The van der Waals surface area contributed by atoms with Crippen molar-refractivity contribution in [3.05, 3.63) is 0 Å². The van der Waals surface area contributed by atoms with Gasteiger partial charge in [-0.15, -0.1) is 0 Å². The SMILES string of the molecule is CC(C)N(C(C)C)S(=O)(=O)CC(C(F)(F)F)S(=O)(=O)O. The molecule has 0 spiro atoms. The van der Waals surface area contributed by atoms with Crippen molar-refractivity contribution in [2.24, 2.45) is 0 Å². The molecule has 6 nitrogen and oxygen atoms in total. The van der Waals surface area contributed by atoms with Gasteiger partial charge in [0.1, 0.15) is 0 Å². The third kappa shape index (κ3) is 5.19. The molecule has 122 valence electrons. The summed E-state index contributed by atoms with van der Waals surface area (Å²) in [5, 5.41) is -3.36. The largest absolute Gasteiger partial charge is 0.408 e. The summed E-state index contributed by atoms with van der Waals surface area (Å²) >= 11 is 0. The molecule has 0 saturated heterocycles. The molecule has 1 unspecified atom stereocenters. The molecule has 0 bridgehead atoms. The molecular weight excluding hydrogens is 323 g/mol. The molecule has 0 aromatic carbocycles. The number of hydrogen-bond acceptors (Lipinski definition) is 4. The predicted molar refractivity (Wildman–Crippen MR) is 67.3 cm³/mol. The summed E-state index contributed by atoms with van der Waals surface area (Å²) in [7, 11) is -10.1. The Kier molecular flexibility index (Phi) is 6.04. The second-order valence-corrected chi connectivity index (χ2v) is 8.36. The van der Waals surface area contributed by atoms with Crippen LogP contribution in [0.2, 0.25) is 0 Å².